The van der Waals surface area contributed by atoms with Crippen LogP contribution in [0.1, 0.15) is 40.7 Å². The highest BCUT2D eigenvalue weighted by atomic mass is 19.4. The molecule has 5 rings (SSSR count). The Morgan fingerprint density at radius 2 is 2.06 bits per heavy atom. The number of alkyl halides is 3. The molecule has 3 aromatic heterocycles. The summed E-state index contributed by atoms with van der Waals surface area (Å²) in [6.07, 6.45) is -2.89. The molecule has 1 fully saturated rings. The minimum absolute atomic E-state index is 0.0271. The predicted octanol–water partition coefficient (Wildman–Crippen LogP) is 5.36. The molecule has 1 aromatic carbocycles. The average molecular weight is 443 g/mol. The lowest BCUT2D eigenvalue weighted by molar-refractivity contribution is -0.140. The Balaban J connectivity index is 1.37. The number of aromatic amines is 1. The van der Waals surface area contributed by atoms with Crippen LogP contribution in [-0.2, 0) is 6.18 Å². The third kappa shape index (κ3) is 3.68. The Labute approximate surface area is 181 Å². The monoisotopic (exact) mass is 443 g/mol. The second kappa shape index (κ2) is 7.58. The van der Waals surface area contributed by atoms with Gasteiger partial charge in [-0.15, -0.1) is 0 Å². The minimum atomic E-state index is -4.49. The van der Waals surface area contributed by atoms with Gasteiger partial charge in [-0.3, -0.25) is 4.79 Å². The number of fused-ring (bicyclic) bond motifs is 2. The maximum Gasteiger partial charge on any atom is 0.433 e. The molecule has 1 N–H and O–H groups in total. The van der Waals surface area contributed by atoms with Crippen molar-refractivity contribution in [2.24, 2.45) is 0 Å². The molecular weight excluding hydrogens is 423 g/mol. The van der Waals surface area contributed by atoms with Crippen LogP contribution in [0, 0.1) is 0 Å². The summed E-state index contributed by atoms with van der Waals surface area (Å²) in [4.78, 5) is 21.7. The van der Waals surface area contributed by atoms with Gasteiger partial charge in [0.1, 0.15) is 17.0 Å². The summed E-state index contributed by atoms with van der Waals surface area (Å²) in [6, 6.07) is 11.0. The highest BCUT2D eigenvalue weighted by Crippen LogP contribution is 2.33. The largest absolute Gasteiger partial charge is 0.497 e. The second-order valence-electron chi connectivity index (χ2n) is 7.96. The van der Waals surface area contributed by atoms with Crippen LogP contribution >= 0.6 is 0 Å². The summed E-state index contributed by atoms with van der Waals surface area (Å²) >= 11 is 0. The Morgan fingerprint density at radius 1 is 1.22 bits per heavy atom. The summed E-state index contributed by atoms with van der Waals surface area (Å²) in [7, 11) is 1.57. The molecule has 0 bridgehead atoms. The van der Waals surface area contributed by atoms with Crippen molar-refractivity contribution in [1.29, 1.82) is 0 Å². The molecule has 1 aliphatic heterocycles. The zero-order valence-electron chi connectivity index (χ0n) is 17.2. The van der Waals surface area contributed by atoms with Crippen molar-refractivity contribution in [2.45, 2.75) is 24.9 Å². The molecule has 0 radical (unpaired) electrons. The van der Waals surface area contributed by atoms with E-state index in [2.05, 4.69) is 9.97 Å². The minimum Gasteiger partial charge on any atom is -0.497 e. The smallest absolute Gasteiger partial charge is 0.433 e. The number of carbonyl (C=O) groups excluding carboxylic acids is 1. The zero-order chi connectivity index (χ0) is 22.5. The molecule has 1 atom stereocenters. The first-order valence-corrected chi connectivity index (χ1v) is 10.3. The fraction of sp³-hybridized carbons (Fsp3) is 0.304. The van der Waals surface area contributed by atoms with E-state index in [-0.39, 0.29) is 23.1 Å². The molecule has 0 saturated carbocycles. The van der Waals surface area contributed by atoms with Crippen LogP contribution in [0.15, 0.2) is 46.9 Å². The normalized spacial score (nSPS) is 17.2. The number of benzene rings is 1. The number of ether oxygens (including phenoxy) is 1. The van der Waals surface area contributed by atoms with Crippen LogP contribution < -0.4 is 4.74 Å². The van der Waals surface area contributed by atoms with Crippen LogP contribution in [-0.4, -0.2) is 41.0 Å². The van der Waals surface area contributed by atoms with Gasteiger partial charge in [-0.25, -0.2) is 4.98 Å². The van der Waals surface area contributed by atoms with E-state index in [1.807, 2.05) is 0 Å². The highest BCUT2D eigenvalue weighted by molar-refractivity contribution is 5.96. The standard InChI is InChI=1S/C23H20F3N3O3/c1-31-15-4-6-19-14(9-15)10-20(32-19)22(30)29-8-2-3-13(12-29)17-11-18-16(27-17)5-7-21(28-18)23(24,25)26/h4-7,9-11,13,27H,2-3,8,12H2,1H3. The van der Waals surface area contributed by atoms with E-state index >= 15 is 0 Å². The Hall–Kier alpha value is -3.49. The van der Waals surface area contributed by atoms with Crippen molar-refractivity contribution >= 4 is 27.9 Å². The molecule has 0 spiro atoms. The molecule has 1 unspecified atom stereocenters. The number of hydrogen-bond acceptors (Lipinski definition) is 4. The number of nitrogens with one attached hydrogen (secondary N) is 1. The van der Waals surface area contributed by atoms with Gasteiger partial charge < -0.3 is 19.0 Å². The molecule has 1 saturated heterocycles. The number of halogens is 3. The van der Waals surface area contributed by atoms with E-state index in [0.29, 0.717) is 29.9 Å². The average Bonchev–Trinajstić information content (AvgIpc) is 3.41. The molecule has 9 heteroatoms. The van der Waals surface area contributed by atoms with E-state index in [1.165, 1.54) is 6.07 Å². The number of H-pyrrole nitrogens is 1. The second-order valence-corrected chi connectivity index (χ2v) is 7.96. The zero-order valence-corrected chi connectivity index (χ0v) is 17.2. The number of nitrogens with zero attached hydrogens (tertiary/aromatic N) is 2. The summed E-state index contributed by atoms with van der Waals surface area (Å²) in [5.74, 6) is 0.692. The first-order valence-electron chi connectivity index (χ1n) is 10.3. The molecule has 1 aliphatic rings. The lowest BCUT2D eigenvalue weighted by Crippen LogP contribution is -2.39. The lowest BCUT2D eigenvalue weighted by atomic mass is 9.94. The molecule has 32 heavy (non-hydrogen) atoms. The highest BCUT2D eigenvalue weighted by Gasteiger charge is 2.33. The van der Waals surface area contributed by atoms with E-state index in [4.69, 9.17) is 9.15 Å². The summed E-state index contributed by atoms with van der Waals surface area (Å²) in [6.45, 7) is 1.03. The summed E-state index contributed by atoms with van der Waals surface area (Å²) < 4.78 is 49.9. The van der Waals surface area contributed by atoms with Crippen LogP contribution in [0.5, 0.6) is 5.75 Å². The van der Waals surface area contributed by atoms with E-state index in [1.54, 1.807) is 42.3 Å². The number of piperidine rings is 1. The molecule has 4 heterocycles. The van der Waals surface area contributed by atoms with E-state index < -0.39 is 11.9 Å². The van der Waals surface area contributed by atoms with Crippen molar-refractivity contribution in [3.8, 4) is 5.75 Å². The summed E-state index contributed by atoms with van der Waals surface area (Å²) in [5, 5.41) is 0.781. The molecule has 166 valence electrons. The van der Waals surface area contributed by atoms with Gasteiger partial charge in [0.15, 0.2) is 5.76 Å². The van der Waals surface area contributed by atoms with Crippen molar-refractivity contribution in [2.75, 3.05) is 20.2 Å². The van der Waals surface area contributed by atoms with Crippen LogP contribution in [0.3, 0.4) is 0 Å². The Morgan fingerprint density at radius 3 is 2.84 bits per heavy atom. The third-order valence-electron chi connectivity index (χ3n) is 5.87. The number of furan rings is 1. The topological polar surface area (TPSA) is 71.4 Å². The van der Waals surface area contributed by atoms with Crippen molar-refractivity contribution in [1.82, 2.24) is 14.9 Å². The fourth-order valence-electron chi connectivity index (χ4n) is 4.23. The molecule has 1 amide bonds. The van der Waals surface area contributed by atoms with Crippen molar-refractivity contribution in [3.63, 3.8) is 0 Å². The number of pyridine rings is 1. The summed E-state index contributed by atoms with van der Waals surface area (Å²) in [5.41, 5.74) is 1.27. The predicted molar refractivity (Wildman–Crippen MR) is 112 cm³/mol. The number of amides is 1. The number of rotatable bonds is 3. The van der Waals surface area contributed by atoms with E-state index in [9.17, 15) is 18.0 Å². The van der Waals surface area contributed by atoms with Gasteiger partial charge >= 0.3 is 6.18 Å². The van der Waals surface area contributed by atoms with Crippen LogP contribution in [0.4, 0.5) is 13.2 Å². The number of carbonyl (C=O) groups is 1. The van der Waals surface area contributed by atoms with Gasteiger partial charge in [0, 0.05) is 30.1 Å². The fourth-order valence-corrected chi connectivity index (χ4v) is 4.23. The van der Waals surface area contributed by atoms with E-state index in [0.717, 1.165) is 30.0 Å². The lowest BCUT2D eigenvalue weighted by Gasteiger charge is -2.31. The number of aromatic nitrogens is 2. The van der Waals surface area contributed by atoms with Crippen molar-refractivity contribution < 1.29 is 27.1 Å². The quantitative estimate of drug-likeness (QED) is 0.463. The molecule has 4 aromatic rings. The number of likely N-dealkylation sites (tertiary alicyclic amines) is 1. The SMILES string of the molecule is COc1ccc2oc(C(=O)N3CCCC(c4cc5nc(C(F)(F)F)ccc5[nH]4)C3)cc2c1. The maximum atomic E-state index is 13.1. The van der Waals surface area contributed by atoms with Gasteiger partial charge in [0.25, 0.3) is 5.91 Å². The number of methoxy groups -OCH3 is 1. The van der Waals surface area contributed by atoms with Crippen LogP contribution in [0.2, 0.25) is 0 Å². The molecule has 6 nitrogen and oxygen atoms in total. The number of hydrogen-bond donors (Lipinski definition) is 1. The maximum absolute atomic E-state index is 13.1. The Kier molecular flexibility index (Phi) is 4.83. The first-order chi connectivity index (χ1) is 15.3. The Bertz CT molecular complexity index is 1310. The van der Waals surface area contributed by atoms with Gasteiger partial charge in [0.05, 0.1) is 18.1 Å². The van der Waals surface area contributed by atoms with Crippen molar-refractivity contribution in [3.05, 3.63) is 59.6 Å². The van der Waals surface area contributed by atoms with Gasteiger partial charge in [0.2, 0.25) is 0 Å². The van der Waals surface area contributed by atoms with Gasteiger partial charge in [-0.1, -0.05) is 0 Å². The van der Waals surface area contributed by atoms with Crippen LogP contribution in [0.25, 0.3) is 22.0 Å². The first kappa shape index (κ1) is 20.4. The third-order valence-corrected chi connectivity index (χ3v) is 5.87. The van der Waals surface area contributed by atoms with Gasteiger partial charge in [-0.2, -0.15) is 13.2 Å². The van der Waals surface area contributed by atoms with Gasteiger partial charge in [-0.05, 0) is 55.3 Å². The molecular formula is C23H20F3N3O3. The molecule has 0 aliphatic carbocycles.